The third-order valence-electron chi connectivity index (χ3n) is 3.69. The van der Waals surface area contributed by atoms with Crippen LogP contribution in [0.5, 0.6) is 5.75 Å². The molecule has 2 atom stereocenters. The second-order valence-electron chi connectivity index (χ2n) is 5.59. The van der Waals surface area contributed by atoms with Gasteiger partial charge < -0.3 is 10.1 Å². The van der Waals surface area contributed by atoms with E-state index in [0.29, 0.717) is 19.1 Å². The number of benzene rings is 1. The van der Waals surface area contributed by atoms with Gasteiger partial charge in [-0.25, -0.2) is 0 Å². The van der Waals surface area contributed by atoms with Gasteiger partial charge in [0.25, 0.3) is 0 Å². The fraction of sp³-hybridized carbons (Fsp3) is 0.562. The van der Waals surface area contributed by atoms with Crippen molar-refractivity contribution >= 4 is 21.8 Å². The van der Waals surface area contributed by atoms with Crippen LogP contribution in [0.2, 0.25) is 0 Å². The van der Waals surface area contributed by atoms with Crippen LogP contribution in [0.1, 0.15) is 39.0 Å². The lowest BCUT2D eigenvalue weighted by atomic mass is 10.1. The predicted octanol–water partition coefficient (Wildman–Crippen LogP) is 3.91. The summed E-state index contributed by atoms with van der Waals surface area (Å²) in [6, 6.07) is 8.13. The number of ether oxygens (including phenoxy) is 1. The summed E-state index contributed by atoms with van der Waals surface area (Å²) in [6.07, 6.45) is 4.78. The fourth-order valence-electron chi connectivity index (χ4n) is 2.59. The summed E-state index contributed by atoms with van der Waals surface area (Å²) in [7, 11) is 0. The maximum atomic E-state index is 11.8. The Labute approximate surface area is 129 Å². The van der Waals surface area contributed by atoms with Crippen LogP contribution in [0.3, 0.4) is 0 Å². The number of halogens is 1. The molecule has 4 heteroatoms. The number of amides is 1. The molecular formula is C16H22BrNO2. The van der Waals surface area contributed by atoms with Crippen molar-refractivity contribution in [1.82, 2.24) is 5.32 Å². The first-order valence-corrected chi connectivity index (χ1v) is 8.10. The van der Waals surface area contributed by atoms with Gasteiger partial charge in [-0.2, -0.15) is 0 Å². The van der Waals surface area contributed by atoms with Crippen LogP contribution in [-0.4, -0.2) is 18.6 Å². The van der Waals surface area contributed by atoms with E-state index in [1.54, 1.807) is 0 Å². The second-order valence-corrected chi connectivity index (χ2v) is 6.50. The van der Waals surface area contributed by atoms with E-state index in [4.69, 9.17) is 4.74 Å². The average Bonchev–Trinajstić information content (AvgIpc) is 2.82. The minimum absolute atomic E-state index is 0.156. The molecule has 0 spiro atoms. The Morgan fingerprint density at radius 1 is 1.35 bits per heavy atom. The van der Waals surface area contributed by atoms with Crippen molar-refractivity contribution in [3.05, 3.63) is 28.7 Å². The van der Waals surface area contributed by atoms with Gasteiger partial charge in [0, 0.05) is 16.9 Å². The monoisotopic (exact) mass is 339 g/mol. The smallest absolute Gasteiger partial charge is 0.220 e. The van der Waals surface area contributed by atoms with Crippen molar-refractivity contribution in [1.29, 1.82) is 0 Å². The van der Waals surface area contributed by atoms with Gasteiger partial charge in [-0.1, -0.05) is 22.9 Å². The quantitative estimate of drug-likeness (QED) is 0.798. The van der Waals surface area contributed by atoms with Gasteiger partial charge in [0.15, 0.2) is 0 Å². The Balaban J connectivity index is 1.58. The second kappa shape index (κ2) is 7.67. The average molecular weight is 340 g/mol. The third kappa shape index (κ3) is 5.16. The molecule has 1 N–H and O–H groups in total. The molecule has 0 bridgehead atoms. The maximum absolute atomic E-state index is 11.8. The molecule has 2 unspecified atom stereocenters. The van der Waals surface area contributed by atoms with Gasteiger partial charge in [0.1, 0.15) is 5.75 Å². The highest BCUT2D eigenvalue weighted by Crippen LogP contribution is 2.24. The molecule has 1 amide bonds. The van der Waals surface area contributed by atoms with Gasteiger partial charge in [0.05, 0.1) is 6.61 Å². The van der Waals surface area contributed by atoms with E-state index in [1.807, 2.05) is 24.3 Å². The summed E-state index contributed by atoms with van der Waals surface area (Å²) in [5, 5.41) is 3.11. The minimum atomic E-state index is 0.156. The van der Waals surface area contributed by atoms with Gasteiger partial charge in [-0.3, -0.25) is 4.79 Å². The molecule has 0 radical (unpaired) electrons. The van der Waals surface area contributed by atoms with Gasteiger partial charge in [-0.05, 0) is 55.9 Å². The van der Waals surface area contributed by atoms with Crippen LogP contribution in [0.25, 0.3) is 0 Å². The lowest BCUT2D eigenvalue weighted by Crippen LogP contribution is -2.32. The zero-order valence-corrected chi connectivity index (χ0v) is 13.5. The lowest BCUT2D eigenvalue weighted by molar-refractivity contribution is -0.122. The largest absolute Gasteiger partial charge is 0.494 e. The van der Waals surface area contributed by atoms with Crippen molar-refractivity contribution in [2.75, 3.05) is 6.61 Å². The molecule has 0 heterocycles. The summed E-state index contributed by atoms with van der Waals surface area (Å²) in [5.74, 6) is 1.75. The summed E-state index contributed by atoms with van der Waals surface area (Å²) >= 11 is 3.38. The Bertz CT molecular complexity index is 433. The zero-order chi connectivity index (χ0) is 14.4. The van der Waals surface area contributed by atoms with Crippen LogP contribution in [0.15, 0.2) is 28.7 Å². The van der Waals surface area contributed by atoms with E-state index in [0.717, 1.165) is 35.4 Å². The molecule has 1 aliphatic rings. The normalized spacial score (nSPS) is 21.7. The van der Waals surface area contributed by atoms with E-state index < -0.39 is 0 Å². The number of carbonyl (C=O) groups excluding carboxylic acids is 1. The lowest BCUT2D eigenvalue weighted by Gasteiger charge is -2.12. The number of nitrogens with one attached hydrogen (secondary N) is 1. The first-order chi connectivity index (χ1) is 9.63. The number of hydrogen-bond donors (Lipinski definition) is 1. The molecule has 20 heavy (non-hydrogen) atoms. The van der Waals surface area contributed by atoms with E-state index in [9.17, 15) is 4.79 Å². The molecule has 110 valence electrons. The Kier molecular flexibility index (Phi) is 5.89. The van der Waals surface area contributed by atoms with Gasteiger partial charge in [0.2, 0.25) is 5.91 Å². The molecular weight excluding hydrogens is 318 g/mol. The first kappa shape index (κ1) is 15.4. The summed E-state index contributed by atoms with van der Waals surface area (Å²) < 4.78 is 6.63. The van der Waals surface area contributed by atoms with Crippen molar-refractivity contribution < 1.29 is 9.53 Å². The SMILES string of the molecule is CC1CCC(NC(=O)CCCOc2ccc(Br)cc2)C1. The van der Waals surface area contributed by atoms with Gasteiger partial charge in [-0.15, -0.1) is 0 Å². The van der Waals surface area contributed by atoms with E-state index in [-0.39, 0.29) is 5.91 Å². The molecule has 0 aliphatic heterocycles. The minimum Gasteiger partial charge on any atom is -0.494 e. The molecule has 1 aliphatic carbocycles. The van der Waals surface area contributed by atoms with Crippen molar-refractivity contribution in [3.8, 4) is 5.75 Å². The molecule has 3 nitrogen and oxygen atoms in total. The number of carbonyl (C=O) groups is 1. The Hall–Kier alpha value is -1.03. The third-order valence-corrected chi connectivity index (χ3v) is 4.22. The maximum Gasteiger partial charge on any atom is 0.220 e. The van der Waals surface area contributed by atoms with Crippen molar-refractivity contribution in [3.63, 3.8) is 0 Å². The highest BCUT2D eigenvalue weighted by molar-refractivity contribution is 9.10. The molecule has 1 fully saturated rings. The summed E-state index contributed by atoms with van der Waals surface area (Å²) in [4.78, 5) is 11.8. The standard InChI is InChI=1S/C16H22BrNO2/c1-12-4-7-14(11-12)18-16(19)3-2-10-20-15-8-5-13(17)6-9-15/h5-6,8-9,12,14H,2-4,7,10-11H2,1H3,(H,18,19). The molecule has 1 aromatic rings. The summed E-state index contributed by atoms with van der Waals surface area (Å²) in [5.41, 5.74) is 0. The van der Waals surface area contributed by atoms with Crippen LogP contribution in [0.4, 0.5) is 0 Å². The molecule has 0 aromatic heterocycles. The zero-order valence-electron chi connectivity index (χ0n) is 11.9. The van der Waals surface area contributed by atoms with Gasteiger partial charge >= 0.3 is 0 Å². The summed E-state index contributed by atoms with van der Waals surface area (Å²) in [6.45, 7) is 2.83. The Morgan fingerprint density at radius 3 is 2.75 bits per heavy atom. The number of hydrogen-bond acceptors (Lipinski definition) is 2. The van der Waals surface area contributed by atoms with E-state index in [1.165, 1.54) is 6.42 Å². The molecule has 1 aromatic carbocycles. The van der Waals surface area contributed by atoms with E-state index in [2.05, 4.69) is 28.2 Å². The first-order valence-electron chi connectivity index (χ1n) is 7.31. The molecule has 1 saturated carbocycles. The van der Waals surface area contributed by atoms with E-state index >= 15 is 0 Å². The predicted molar refractivity (Wildman–Crippen MR) is 83.8 cm³/mol. The van der Waals surface area contributed by atoms with Crippen molar-refractivity contribution in [2.45, 2.75) is 45.1 Å². The van der Waals surface area contributed by atoms with Crippen LogP contribution < -0.4 is 10.1 Å². The van der Waals surface area contributed by atoms with Crippen molar-refractivity contribution in [2.24, 2.45) is 5.92 Å². The number of rotatable bonds is 6. The Morgan fingerprint density at radius 2 is 2.10 bits per heavy atom. The van der Waals surface area contributed by atoms with Crippen LogP contribution in [-0.2, 0) is 4.79 Å². The highest BCUT2D eigenvalue weighted by atomic mass is 79.9. The molecule has 0 saturated heterocycles. The topological polar surface area (TPSA) is 38.3 Å². The van der Waals surface area contributed by atoms with Crippen LogP contribution >= 0.6 is 15.9 Å². The molecule has 2 rings (SSSR count). The fourth-order valence-corrected chi connectivity index (χ4v) is 2.86. The van der Waals surface area contributed by atoms with Crippen LogP contribution in [0, 0.1) is 5.92 Å². The highest BCUT2D eigenvalue weighted by Gasteiger charge is 2.22.